The van der Waals surface area contributed by atoms with Crippen LogP contribution in [-0.2, 0) is 6.54 Å². The van der Waals surface area contributed by atoms with Crippen LogP contribution in [0, 0.1) is 0 Å². The molecule has 25 heavy (non-hydrogen) atoms. The lowest BCUT2D eigenvalue weighted by Gasteiger charge is -2.40. The third-order valence-electron chi connectivity index (χ3n) is 4.68. The molecule has 1 aliphatic rings. The standard InChI is InChI=1S/C18H21N5OS/c1-13-10-23(18-17-15(5-8-25-17)20-12-21-18)7-6-22(13)11-14-3-4-16(24-2)19-9-14/h3-5,8-9,12-13H,6-7,10-11H2,1-2H3. The molecule has 0 spiro atoms. The first kappa shape index (κ1) is 16.2. The molecule has 1 fully saturated rings. The van der Waals surface area contributed by atoms with Gasteiger partial charge in [0.2, 0.25) is 5.88 Å². The molecule has 0 bridgehead atoms. The van der Waals surface area contributed by atoms with Crippen LogP contribution >= 0.6 is 11.3 Å². The fourth-order valence-electron chi connectivity index (χ4n) is 3.28. The Morgan fingerprint density at radius 1 is 1.20 bits per heavy atom. The van der Waals surface area contributed by atoms with E-state index in [1.165, 1.54) is 10.3 Å². The molecule has 0 N–H and O–H groups in total. The molecule has 0 saturated carbocycles. The van der Waals surface area contributed by atoms with E-state index in [2.05, 4.69) is 49.2 Å². The Morgan fingerprint density at radius 3 is 2.88 bits per heavy atom. The third kappa shape index (κ3) is 3.29. The van der Waals surface area contributed by atoms with Crippen molar-refractivity contribution in [3.05, 3.63) is 41.7 Å². The van der Waals surface area contributed by atoms with E-state index < -0.39 is 0 Å². The molecule has 1 aliphatic heterocycles. The second-order valence-corrected chi connectivity index (χ2v) is 7.22. The second kappa shape index (κ2) is 6.93. The lowest BCUT2D eigenvalue weighted by atomic mass is 10.1. The molecular weight excluding hydrogens is 334 g/mol. The Bertz CT molecular complexity index is 850. The van der Waals surface area contributed by atoms with Crippen molar-refractivity contribution in [1.29, 1.82) is 0 Å². The first-order chi connectivity index (χ1) is 12.2. The predicted octanol–water partition coefficient (Wildman–Crippen LogP) is 2.81. The molecule has 3 aromatic heterocycles. The minimum absolute atomic E-state index is 0.445. The first-order valence-corrected chi connectivity index (χ1v) is 9.28. The summed E-state index contributed by atoms with van der Waals surface area (Å²) in [4.78, 5) is 18.1. The first-order valence-electron chi connectivity index (χ1n) is 8.40. The maximum absolute atomic E-state index is 5.13. The molecule has 0 aromatic carbocycles. The Hall–Kier alpha value is -2.25. The van der Waals surface area contributed by atoms with Crippen LogP contribution in [0.25, 0.3) is 10.2 Å². The Balaban J connectivity index is 1.45. The van der Waals surface area contributed by atoms with Crippen molar-refractivity contribution in [1.82, 2.24) is 19.9 Å². The minimum Gasteiger partial charge on any atom is -0.481 e. The number of ether oxygens (including phenoxy) is 1. The van der Waals surface area contributed by atoms with Crippen LogP contribution in [0.1, 0.15) is 12.5 Å². The molecule has 130 valence electrons. The molecule has 0 amide bonds. The maximum atomic E-state index is 5.13. The van der Waals surface area contributed by atoms with Crippen molar-refractivity contribution >= 4 is 27.4 Å². The lowest BCUT2D eigenvalue weighted by molar-refractivity contribution is 0.180. The fourth-order valence-corrected chi connectivity index (χ4v) is 4.15. The minimum atomic E-state index is 0.445. The van der Waals surface area contributed by atoms with E-state index >= 15 is 0 Å². The zero-order valence-electron chi connectivity index (χ0n) is 14.4. The Kier molecular flexibility index (Phi) is 4.50. The number of rotatable bonds is 4. The van der Waals surface area contributed by atoms with Crippen LogP contribution in [0.3, 0.4) is 0 Å². The van der Waals surface area contributed by atoms with Crippen LogP contribution in [0.15, 0.2) is 36.1 Å². The summed E-state index contributed by atoms with van der Waals surface area (Å²) in [5, 5.41) is 2.08. The lowest BCUT2D eigenvalue weighted by Crippen LogP contribution is -2.51. The van der Waals surface area contributed by atoms with Crippen LogP contribution in [0.4, 0.5) is 5.82 Å². The van der Waals surface area contributed by atoms with Crippen LogP contribution in [0.5, 0.6) is 5.88 Å². The molecule has 7 heteroatoms. The van der Waals surface area contributed by atoms with Gasteiger partial charge < -0.3 is 9.64 Å². The highest BCUT2D eigenvalue weighted by molar-refractivity contribution is 7.17. The van der Waals surface area contributed by atoms with E-state index in [4.69, 9.17) is 4.74 Å². The molecule has 6 nitrogen and oxygen atoms in total. The average Bonchev–Trinajstić information content (AvgIpc) is 3.13. The van der Waals surface area contributed by atoms with Crippen LogP contribution < -0.4 is 9.64 Å². The van der Waals surface area contributed by atoms with Gasteiger partial charge in [-0.2, -0.15) is 0 Å². The predicted molar refractivity (Wildman–Crippen MR) is 100 cm³/mol. The van der Waals surface area contributed by atoms with E-state index in [1.807, 2.05) is 12.3 Å². The van der Waals surface area contributed by atoms with Crippen LogP contribution in [0.2, 0.25) is 0 Å². The quantitative estimate of drug-likeness (QED) is 0.717. The van der Waals surface area contributed by atoms with Gasteiger partial charge in [-0.05, 0) is 23.9 Å². The van der Waals surface area contributed by atoms with Crippen molar-refractivity contribution < 1.29 is 4.74 Å². The molecule has 0 radical (unpaired) electrons. The van der Waals surface area contributed by atoms with Crippen molar-refractivity contribution in [2.45, 2.75) is 19.5 Å². The van der Waals surface area contributed by atoms with E-state index in [1.54, 1.807) is 24.8 Å². The highest BCUT2D eigenvalue weighted by Gasteiger charge is 2.26. The van der Waals surface area contributed by atoms with Crippen molar-refractivity contribution in [2.75, 3.05) is 31.6 Å². The van der Waals surface area contributed by atoms with E-state index in [9.17, 15) is 0 Å². The van der Waals surface area contributed by atoms with Crippen molar-refractivity contribution in [3.8, 4) is 5.88 Å². The summed E-state index contributed by atoms with van der Waals surface area (Å²) in [5.41, 5.74) is 2.25. The number of aromatic nitrogens is 3. The monoisotopic (exact) mass is 355 g/mol. The van der Waals surface area contributed by atoms with Gasteiger partial charge in [-0.15, -0.1) is 11.3 Å². The van der Waals surface area contributed by atoms with Crippen molar-refractivity contribution in [2.24, 2.45) is 0 Å². The number of thiophene rings is 1. The molecule has 0 aliphatic carbocycles. The smallest absolute Gasteiger partial charge is 0.212 e. The molecule has 1 atom stereocenters. The SMILES string of the molecule is COc1ccc(CN2CCN(c3ncnc4ccsc34)CC2C)cn1. The maximum Gasteiger partial charge on any atom is 0.212 e. The molecule has 4 heterocycles. The summed E-state index contributed by atoms with van der Waals surface area (Å²) >= 11 is 1.72. The number of fused-ring (bicyclic) bond motifs is 1. The van der Waals surface area contributed by atoms with Gasteiger partial charge >= 0.3 is 0 Å². The molecule has 1 saturated heterocycles. The summed E-state index contributed by atoms with van der Waals surface area (Å²) in [7, 11) is 1.64. The molecule has 4 rings (SSSR count). The summed E-state index contributed by atoms with van der Waals surface area (Å²) < 4.78 is 6.31. The normalized spacial score (nSPS) is 18.6. The molecule has 1 unspecified atom stereocenters. The summed E-state index contributed by atoms with van der Waals surface area (Å²) in [6.45, 7) is 6.12. The average molecular weight is 355 g/mol. The van der Waals surface area contributed by atoms with Gasteiger partial charge in [0.05, 0.1) is 17.3 Å². The topological polar surface area (TPSA) is 54.4 Å². The number of hydrogen-bond donors (Lipinski definition) is 0. The zero-order valence-corrected chi connectivity index (χ0v) is 15.2. The van der Waals surface area contributed by atoms with Gasteiger partial charge in [-0.3, -0.25) is 4.90 Å². The molecular formula is C18H21N5OS. The fraction of sp³-hybridized carbons (Fsp3) is 0.389. The number of methoxy groups -OCH3 is 1. The summed E-state index contributed by atoms with van der Waals surface area (Å²) in [5.74, 6) is 1.72. The zero-order chi connectivity index (χ0) is 17.2. The summed E-state index contributed by atoms with van der Waals surface area (Å²) in [6.07, 6.45) is 3.57. The van der Waals surface area contributed by atoms with Gasteiger partial charge in [0, 0.05) is 44.5 Å². The third-order valence-corrected chi connectivity index (χ3v) is 5.58. The highest BCUT2D eigenvalue weighted by Crippen LogP contribution is 2.29. The van der Waals surface area contributed by atoms with Gasteiger partial charge in [-0.25, -0.2) is 15.0 Å². The van der Waals surface area contributed by atoms with E-state index in [-0.39, 0.29) is 0 Å². The number of hydrogen-bond acceptors (Lipinski definition) is 7. The van der Waals surface area contributed by atoms with Gasteiger partial charge in [0.1, 0.15) is 12.1 Å². The van der Waals surface area contributed by atoms with Gasteiger partial charge in [0.25, 0.3) is 0 Å². The number of anilines is 1. The van der Waals surface area contributed by atoms with E-state index in [0.717, 1.165) is 37.5 Å². The van der Waals surface area contributed by atoms with E-state index in [0.29, 0.717) is 11.9 Å². The second-order valence-electron chi connectivity index (χ2n) is 6.31. The van der Waals surface area contributed by atoms with Gasteiger partial charge in [-0.1, -0.05) is 6.07 Å². The summed E-state index contributed by atoms with van der Waals surface area (Å²) in [6, 6.07) is 6.51. The Labute approximate surface area is 151 Å². The van der Waals surface area contributed by atoms with Crippen LogP contribution in [-0.4, -0.2) is 52.6 Å². The Morgan fingerprint density at radius 2 is 2.12 bits per heavy atom. The van der Waals surface area contributed by atoms with Crippen molar-refractivity contribution in [3.63, 3.8) is 0 Å². The van der Waals surface area contributed by atoms with Gasteiger partial charge in [0.15, 0.2) is 0 Å². The molecule has 3 aromatic rings. The number of nitrogens with zero attached hydrogens (tertiary/aromatic N) is 5. The number of pyridine rings is 1. The highest BCUT2D eigenvalue weighted by atomic mass is 32.1. The largest absolute Gasteiger partial charge is 0.481 e. The number of piperazine rings is 1.